The summed E-state index contributed by atoms with van der Waals surface area (Å²) in [6.45, 7) is 4.15. The predicted molar refractivity (Wildman–Crippen MR) is 43.4 cm³/mol. The van der Waals surface area contributed by atoms with Gasteiger partial charge in [-0.15, -0.1) is 0 Å². The minimum Gasteiger partial charge on any atom is -0.494 e. The van der Waals surface area contributed by atoms with E-state index >= 15 is 0 Å². The highest BCUT2D eigenvalue weighted by Crippen LogP contribution is 2.22. The maximum Gasteiger partial charge on any atom is 0.398 e. The van der Waals surface area contributed by atoms with Gasteiger partial charge in [-0.3, -0.25) is 4.79 Å². The summed E-state index contributed by atoms with van der Waals surface area (Å²) in [5.74, 6) is -0.207. The van der Waals surface area contributed by atoms with Crippen molar-refractivity contribution in [2.24, 2.45) is 0 Å². The van der Waals surface area contributed by atoms with Crippen LogP contribution in [-0.2, 0) is 13.6 Å². The van der Waals surface area contributed by atoms with E-state index in [-0.39, 0.29) is 5.97 Å². The molecule has 1 aliphatic rings. The van der Waals surface area contributed by atoms with Crippen molar-refractivity contribution in [3.63, 3.8) is 0 Å². The van der Waals surface area contributed by atoms with Crippen LogP contribution in [0.5, 0.6) is 0 Å². The van der Waals surface area contributed by atoms with Gasteiger partial charge in [-0.2, -0.15) is 0 Å². The zero-order valence-corrected chi connectivity index (χ0v) is 8.05. The second-order valence-corrected chi connectivity index (χ2v) is 6.29. The summed E-state index contributed by atoms with van der Waals surface area (Å²) in [6.07, 6.45) is 2.24. The Kier molecular flexibility index (Phi) is 2.67. The fourth-order valence-corrected chi connectivity index (χ4v) is 3.67. The molecule has 1 saturated heterocycles. The van der Waals surface area contributed by atoms with Crippen molar-refractivity contribution in [1.29, 1.82) is 0 Å². The van der Waals surface area contributed by atoms with E-state index in [4.69, 9.17) is 8.85 Å². The normalized spacial score (nSPS) is 31.5. The van der Waals surface area contributed by atoms with Crippen LogP contribution in [0.1, 0.15) is 19.8 Å². The molecular weight excluding hydrogens is 160 g/mol. The maximum atomic E-state index is 10.6. The molecule has 0 spiro atoms. The SMILES string of the molecule is CC(=O)O[Si]1(C)CCCCO1. The van der Waals surface area contributed by atoms with Crippen LogP contribution in [0.3, 0.4) is 0 Å². The van der Waals surface area contributed by atoms with E-state index in [0.29, 0.717) is 0 Å². The van der Waals surface area contributed by atoms with Crippen LogP contribution >= 0.6 is 0 Å². The summed E-state index contributed by atoms with van der Waals surface area (Å²) < 4.78 is 10.6. The standard InChI is InChI=1S/C7H14O3Si/c1-7(8)10-11(2)6-4-3-5-9-11/h3-6H2,1-2H3. The first-order valence-corrected chi connectivity index (χ1v) is 6.48. The fraction of sp³-hybridized carbons (Fsp3) is 0.857. The van der Waals surface area contributed by atoms with Crippen molar-refractivity contribution in [2.75, 3.05) is 6.61 Å². The highest BCUT2D eigenvalue weighted by atomic mass is 28.4. The Bertz CT molecular complexity index is 152. The minimum atomic E-state index is -2.05. The molecule has 1 heterocycles. The van der Waals surface area contributed by atoms with Gasteiger partial charge in [0.15, 0.2) is 0 Å². The van der Waals surface area contributed by atoms with E-state index in [2.05, 4.69) is 0 Å². The zero-order chi connectivity index (χ0) is 8.32. The summed E-state index contributed by atoms with van der Waals surface area (Å²) in [4.78, 5) is 10.6. The third-order valence-electron chi connectivity index (χ3n) is 1.79. The molecule has 1 unspecified atom stereocenters. The number of carbonyl (C=O) groups is 1. The lowest BCUT2D eigenvalue weighted by Gasteiger charge is -2.29. The average molecular weight is 174 g/mol. The van der Waals surface area contributed by atoms with E-state index < -0.39 is 8.56 Å². The first-order chi connectivity index (χ1) is 5.12. The van der Waals surface area contributed by atoms with E-state index in [1.165, 1.54) is 6.92 Å². The number of hydrogen-bond acceptors (Lipinski definition) is 3. The van der Waals surface area contributed by atoms with Gasteiger partial charge in [-0.05, 0) is 19.4 Å². The first-order valence-electron chi connectivity index (χ1n) is 3.96. The van der Waals surface area contributed by atoms with Gasteiger partial charge >= 0.3 is 8.56 Å². The van der Waals surface area contributed by atoms with Crippen molar-refractivity contribution in [1.82, 2.24) is 0 Å². The molecule has 0 N–H and O–H groups in total. The van der Waals surface area contributed by atoms with E-state index in [1.807, 2.05) is 6.55 Å². The Morgan fingerprint density at radius 3 is 2.73 bits per heavy atom. The average Bonchev–Trinajstić information content (AvgIpc) is 1.85. The van der Waals surface area contributed by atoms with Crippen LogP contribution in [0.25, 0.3) is 0 Å². The van der Waals surface area contributed by atoms with Crippen LogP contribution in [0.4, 0.5) is 0 Å². The molecule has 1 atom stereocenters. The molecule has 0 saturated carbocycles. The lowest BCUT2D eigenvalue weighted by molar-refractivity contribution is -0.134. The van der Waals surface area contributed by atoms with Gasteiger partial charge in [0.05, 0.1) is 0 Å². The van der Waals surface area contributed by atoms with E-state index in [9.17, 15) is 4.79 Å². The summed E-state index contributed by atoms with van der Waals surface area (Å²) in [5.41, 5.74) is 0. The molecule has 0 aromatic rings. The van der Waals surface area contributed by atoms with Crippen LogP contribution in [-0.4, -0.2) is 21.1 Å². The fourth-order valence-electron chi connectivity index (χ4n) is 1.29. The lowest BCUT2D eigenvalue weighted by atomic mass is 10.4. The van der Waals surface area contributed by atoms with Crippen molar-refractivity contribution in [3.05, 3.63) is 0 Å². The molecular formula is C7H14O3Si. The maximum absolute atomic E-state index is 10.6. The number of carbonyl (C=O) groups excluding carboxylic acids is 1. The van der Waals surface area contributed by atoms with Gasteiger partial charge < -0.3 is 8.85 Å². The molecule has 1 aliphatic heterocycles. The van der Waals surface area contributed by atoms with Gasteiger partial charge in [0.1, 0.15) is 0 Å². The molecule has 0 aromatic carbocycles. The molecule has 0 aliphatic carbocycles. The molecule has 0 amide bonds. The van der Waals surface area contributed by atoms with Crippen LogP contribution in [0.15, 0.2) is 0 Å². The Hall–Kier alpha value is -0.353. The Morgan fingerprint density at radius 2 is 2.27 bits per heavy atom. The highest BCUT2D eigenvalue weighted by molar-refractivity contribution is 6.67. The topological polar surface area (TPSA) is 35.5 Å². The quantitative estimate of drug-likeness (QED) is 0.564. The lowest BCUT2D eigenvalue weighted by Crippen LogP contribution is -2.42. The van der Waals surface area contributed by atoms with Gasteiger partial charge in [0.2, 0.25) is 0 Å². The summed E-state index contributed by atoms with van der Waals surface area (Å²) >= 11 is 0. The zero-order valence-electron chi connectivity index (χ0n) is 7.05. The molecule has 0 aromatic heterocycles. The largest absolute Gasteiger partial charge is 0.494 e. The van der Waals surface area contributed by atoms with Gasteiger partial charge in [0.25, 0.3) is 5.97 Å². The molecule has 3 nitrogen and oxygen atoms in total. The van der Waals surface area contributed by atoms with Crippen molar-refractivity contribution >= 4 is 14.5 Å². The van der Waals surface area contributed by atoms with Crippen molar-refractivity contribution < 1.29 is 13.6 Å². The van der Waals surface area contributed by atoms with Crippen LogP contribution < -0.4 is 0 Å². The molecule has 1 rings (SSSR count). The molecule has 64 valence electrons. The third kappa shape index (κ3) is 2.63. The van der Waals surface area contributed by atoms with E-state index in [1.54, 1.807) is 0 Å². The third-order valence-corrected chi connectivity index (χ3v) is 4.59. The molecule has 0 radical (unpaired) electrons. The summed E-state index contributed by atoms with van der Waals surface area (Å²) in [7, 11) is -2.05. The van der Waals surface area contributed by atoms with Gasteiger partial charge in [0, 0.05) is 19.6 Å². The second-order valence-electron chi connectivity index (χ2n) is 3.03. The van der Waals surface area contributed by atoms with Crippen LogP contribution in [0, 0.1) is 0 Å². The van der Waals surface area contributed by atoms with Gasteiger partial charge in [-0.1, -0.05) is 0 Å². The summed E-state index contributed by atoms with van der Waals surface area (Å²) in [6, 6.07) is 0.951. The van der Waals surface area contributed by atoms with Crippen LogP contribution in [0.2, 0.25) is 12.6 Å². The molecule has 0 bridgehead atoms. The van der Waals surface area contributed by atoms with Gasteiger partial charge in [-0.25, -0.2) is 0 Å². The molecule has 1 fully saturated rings. The monoisotopic (exact) mass is 174 g/mol. The van der Waals surface area contributed by atoms with E-state index in [0.717, 1.165) is 25.5 Å². The predicted octanol–water partition coefficient (Wildman–Crippen LogP) is 1.43. The molecule has 4 heteroatoms. The highest BCUT2D eigenvalue weighted by Gasteiger charge is 2.36. The number of rotatable bonds is 1. The Labute approximate surface area is 67.9 Å². The number of hydrogen-bond donors (Lipinski definition) is 0. The second kappa shape index (κ2) is 3.36. The Balaban J connectivity index is 2.43. The summed E-state index contributed by atoms with van der Waals surface area (Å²) in [5, 5.41) is 0. The molecule has 11 heavy (non-hydrogen) atoms. The Morgan fingerprint density at radius 1 is 1.55 bits per heavy atom. The van der Waals surface area contributed by atoms with Crippen molar-refractivity contribution in [2.45, 2.75) is 32.4 Å². The van der Waals surface area contributed by atoms with Crippen molar-refractivity contribution in [3.8, 4) is 0 Å². The smallest absolute Gasteiger partial charge is 0.398 e. The first kappa shape index (κ1) is 8.74. The minimum absolute atomic E-state index is 0.207.